The molecule has 1 heterocycles. The minimum absolute atomic E-state index is 0.170. The number of amides is 2. The van der Waals surface area contributed by atoms with Crippen molar-refractivity contribution in [2.75, 3.05) is 19.6 Å². The van der Waals surface area contributed by atoms with E-state index < -0.39 is 17.7 Å². The number of guanidine groups is 1. The van der Waals surface area contributed by atoms with Crippen LogP contribution in [-0.4, -0.2) is 42.3 Å². The molecule has 1 saturated heterocycles. The van der Waals surface area contributed by atoms with Crippen LogP contribution in [0.2, 0.25) is 0 Å². The molecule has 0 saturated carbocycles. The zero-order chi connectivity index (χ0) is 19.1. The van der Waals surface area contributed by atoms with Crippen LogP contribution in [0.4, 0.5) is 8.78 Å². The van der Waals surface area contributed by atoms with Crippen molar-refractivity contribution >= 4 is 17.8 Å². The van der Waals surface area contributed by atoms with Gasteiger partial charge < -0.3 is 10.6 Å². The van der Waals surface area contributed by atoms with Crippen molar-refractivity contribution in [1.29, 1.82) is 0 Å². The van der Waals surface area contributed by atoms with Gasteiger partial charge in [-0.2, -0.15) is 0 Å². The third-order valence-corrected chi connectivity index (χ3v) is 4.10. The fourth-order valence-electron chi connectivity index (χ4n) is 2.77. The van der Waals surface area contributed by atoms with Gasteiger partial charge in [0, 0.05) is 37.6 Å². The Morgan fingerprint density at radius 2 is 1.96 bits per heavy atom. The molecule has 0 aromatic heterocycles. The second kappa shape index (κ2) is 9.26. The SMILES string of the molecule is CCNC(=NCCN1C(=O)CCCC1=O)NC(C)c1ccc(F)cc1F. The molecule has 0 radical (unpaired) electrons. The monoisotopic (exact) mass is 366 g/mol. The van der Waals surface area contributed by atoms with Crippen molar-refractivity contribution in [2.24, 2.45) is 4.99 Å². The van der Waals surface area contributed by atoms with Crippen molar-refractivity contribution < 1.29 is 18.4 Å². The van der Waals surface area contributed by atoms with E-state index in [1.807, 2.05) is 6.92 Å². The van der Waals surface area contributed by atoms with Crippen molar-refractivity contribution in [1.82, 2.24) is 15.5 Å². The second-order valence-electron chi connectivity index (χ2n) is 6.09. The van der Waals surface area contributed by atoms with E-state index in [2.05, 4.69) is 15.6 Å². The molecule has 2 N–H and O–H groups in total. The summed E-state index contributed by atoms with van der Waals surface area (Å²) in [6.07, 6.45) is 1.37. The van der Waals surface area contributed by atoms with Crippen LogP contribution in [-0.2, 0) is 9.59 Å². The number of nitrogens with zero attached hydrogens (tertiary/aromatic N) is 2. The number of nitrogens with one attached hydrogen (secondary N) is 2. The molecular weight excluding hydrogens is 342 g/mol. The topological polar surface area (TPSA) is 73.8 Å². The molecule has 1 atom stereocenters. The molecule has 0 spiro atoms. The zero-order valence-corrected chi connectivity index (χ0v) is 15.0. The van der Waals surface area contributed by atoms with Crippen LogP contribution in [0.5, 0.6) is 0 Å². The van der Waals surface area contributed by atoms with Gasteiger partial charge in [-0.1, -0.05) is 6.07 Å². The Labute approximate surface area is 151 Å². The first-order valence-electron chi connectivity index (χ1n) is 8.75. The average molecular weight is 366 g/mol. The first-order valence-corrected chi connectivity index (χ1v) is 8.75. The van der Waals surface area contributed by atoms with Gasteiger partial charge in [0.05, 0.1) is 12.6 Å². The summed E-state index contributed by atoms with van der Waals surface area (Å²) in [6, 6.07) is 2.99. The van der Waals surface area contributed by atoms with Crippen molar-refractivity contribution in [3.05, 3.63) is 35.4 Å². The number of carbonyl (C=O) groups excluding carboxylic acids is 2. The van der Waals surface area contributed by atoms with E-state index in [9.17, 15) is 18.4 Å². The Bertz CT molecular complexity index is 678. The number of rotatable bonds is 6. The summed E-state index contributed by atoms with van der Waals surface area (Å²) in [5.41, 5.74) is 0.318. The molecule has 2 amide bonds. The van der Waals surface area contributed by atoms with Crippen molar-refractivity contribution in [2.45, 2.75) is 39.2 Å². The molecule has 0 aliphatic carbocycles. The fraction of sp³-hybridized carbons (Fsp3) is 0.500. The van der Waals surface area contributed by atoms with E-state index >= 15 is 0 Å². The third kappa shape index (κ3) is 5.24. The Balaban J connectivity index is 1.99. The van der Waals surface area contributed by atoms with Gasteiger partial charge in [0.2, 0.25) is 11.8 Å². The van der Waals surface area contributed by atoms with Gasteiger partial charge in [0.15, 0.2) is 5.96 Å². The van der Waals surface area contributed by atoms with Gasteiger partial charge in [-0.3, -0.25) is 19.5 Å². The number of benzene rings is 1. The maximum absolute atomic E-state index is 13.9. The summed E-state index contributed by atoms with van der Waals surface area (Å²) in [5, 5.41) is 6.07. The minimum Gasteiger partial charge on any atom is -0.357 e. The molecule has 0 bridgehead atoms. The Morgan fingerprint density at radius 3 is 2.58 bits per heavy atom. The number of halogens is 2. The maximum Gasteiger partial charge on any atom is 0.229 e. The number of imide groups is 1. The summed E-state index contributed by atoms with van der Waals surface area (Å²) < 4.78 is 26.9. The molecule has 6 nitrogen and oxygen atoms in total. The van der Waals surface area contributed by atoms with Crippen LogP contribution < -0.4 is 10.6 Å². The van der Waals surface area contributed by atoms with Crippen LogP contribution in [0.15, 0.2) is 23.2 Å². The summed E-state index contributed by atoms with van der Waals surface area (Å²) in [5.74, 6) is -1.17. The molecule has 1 unspecified atom stereocenters. The summed E-state index contributed by atoms with van der Waals surface area (Å²) >= 11 is 0. The Hall–Kier alpha value is -2.51. The number of piperidine rings is 1. The first kappa shape index (κ1) is 19.8. The summed E-state index contributed by atoms with van der Waals surface area (Å²) in [7, 11) is 0. The highest BCUT2D eigenvalue weighted by Crippen LogP contribution is 2.17. The number of aliphatic imine (C=N–C) groups is 1. The molecule has 8 heteroatoms. The molecule has 2 rings (SSSR count). The predicted octanol–water partition coefficient (Wildman–Crippen LogP) is 2.12. The lowest BCUT2D eigenvalue weighted by atomic mass is 10.1. The van der Waals surface area contributed by atoms with Crippen LogP contribution >= 0.6 is 0 Å². The molecule has 1 aliphatic heterocycles. The van der Waals surface area contributed by atoms with Gasteiger partial charge in [-0.05, 0) is 26.3 Å². The number of likely N-dealkylation sites (tertiary alicyclic amines) is 1. The van der Waals surface area contributed by atoms with E-state index in [4.69, 9.17) is 0 Å². The van der Waals surface area contributed by atoms with Crippen LogP contribution in [0.25, 0.3) is 0 Å². The van der Waals surface area contributed by atoms with Crippen LogP contribution in [0.1, 0.15) is 44.7 Å². The van der Waals surface area contributed by atoms with Crippen LogP contribution in [0.3, 0.4) is 0 Å². The highest BCUT2D eigenvalue weighted by atomic mass is 19.1. The van der Waals surface area contributed by atoms with Gasteiger partial charge in [0.25, 0.3) is 0 Å². The maximum atomic E-state index is 13.9. The molecule has 26 heavy (non-hydrogen) atoms. The van der Waals surface area contributed by atoms with E-state index in [-0.39, 0.29) is 24.9 Å². The number of hydrogen-bond donors (Lipinski definition) is 2. The first-order chi connectivity index (χ1) is 12.4. The third-order valence-electron chi connectivity index (χ3n) is 4.10. The lowest BCUT2D eigenvalue weighted by Gasteiger charge is -2.24. The Kier molecular flexibility index (Phi) is 7.06. The smallest absolute Gasteiger partial charge is 0.229 e. The van der Waals surface area contributed by atoms with E-state index in [0.29, 0.717) is 37.3 Å². The van der Waals surface area contributed by atoms with Gasteiger partial charge in [-0.25, -0.2) is 8.78 Å². The van der Waals surface area contributed by atoms with E-state index in [0.717, 1.165) is 6.07 Å². The molecule has 1 aliphatic rings. The molecule has 142 valence electrons. The minimum atomic E-state index is -0.634. The van der Waals surface area contributed by atoms with Crippen molar-refractivity contribution in [3.63, 3.8) is 0 Å². The van der Waals surface area contributed by atoms with E-state index in [1.165, 1.54) is 17.0 Å². The van der Waals surface area contributed by atoms with E-state index in [1.54, 1.807) is 6.92 Å². The summed E-state index contributed by atoms with van der Waals surface area (Å²) in [4.78, 5) is 29.2. The van der Waals surface area contributed by atoms with Crippen molar-refractivity contribution in [3.8, 4) is 0 Å². The summed E-state index contributed by atoms with van der Waals surface area (Å²) in [6.45, 7) is 4.67. The highest BCUT2D eigenvalue weighted by molar-refractivity contribution is 5.97. The quantitative estimate of drug-likeness (QED) is 0.460. The molecular formula is C18H24F2N4O2. The second-order valence-corrected chi connectivity index (χ2v) is 6.09. The predicted molar refractivity (Wildman–Crippen MR) is 94.5 cm³/mol. The zero-order valence-electron chi connectivity index (χ0n) is 15.0. The molecule has 1 fully saturated rings. The standard InChI is InChI=1S/C18H24F2N4O2/c1-3-21-18(22-9-10-24-16(25)5-4-6-17(24)26)23-12(2)14-8-7-13(19)11-15(14)20/h7-8,11-12H,3-6,9-10H2,1-2H3,(H2,21,22,23). The molecule has 1 aromatic rings. The normalized spacial score (nSPS) is 16.6. The number of hydrogen-bond acceptors (Lipinski definition) is 3. The lowest BCUT2D eigenvalue weighted by molar-refractivity contribution is -0.147. The lowest BCUT2D eigenvalue weighted by Crippen LogP contribution is -2.43. The highest BCUT2D eigenvalue weighted by Gasteiger charge is 2.25. The van der Waals surface area contributed by atoms with Gasteiger partial charge >= 0.3 is 0 Å². The molecule has 1 aromatic carbocycles. The van der Waals surface area contributed by atoms with Gasteiger partial charge in [0.1, 0.15) is 11.6 Å². The average Bonchev–Trinajstić information content (AvgIpc) is 2.57. The van der Waals surface area contributed by atoms with Crippen LogP contribution in [0, 0.1) is 11.6 Å². The Morgan fingerprint density at radius 1 is 1.27 bits per heavy atom. The largest absolute Gasteiger partial charge is 0.357 e. The van der Waals surface area contributed by atoms with Gasteiger partial charge in [-0.15, -0.1) is 0 Å². The number of carbonyl (C=O) groups is 2. The fourth-order valence-corrected chi connectivity index (χ4v) is 2.77.